The van der Waals surface area contributed by atoms with E-state index >= 15 is 0 Å². The van der Waals surface area contributed by atoms with Crippen LogP contribution < -0.4 is 0 Å². The van der Waals surface area contributed by atoms with Crippen LogP contribution >= 0.6 is 0 Å². The topological polar surface area (TPSA) is 101 Å². The average molecular weight is 329 g/mol. The Balaban J connectivity index is 1.72. The Kier molecular flexibility index (Phi) is 3.47. The summed E-state index contributed by atoms with van der Waals surface area (Å²) in [5, 5.41) is 13.8. The Morgan fingerprint density at radius 2 is 2.08 bits per heavy atom. The van der Waals surface area contributed by atoms with Crippen LogP contribution in [0.1, 0.15) is 48.4 Å². The molecule has 0 radical (unpaired) electrons. The molecule has 24 heavy (non-hydrogen) atoms. The Labute approximate surface area is 138 Å². The van der Waals surface area contributed by atoms with E-state index in [9.17, 15) is 14.7 Å². The lowest BCUT2D eigenvalue weighted by atomic mass is 9.85. The number of rotatable bonds is 2. The molecule has 3 atom stereocenters. The number of likely N-dealkylation sites (tertiary alicyclic amines) is 1. The molecule has 1 amide bonds. The predicted octanol–water partition coefficient (Wildman–Crippen LogP) is 1.29. The van der Waals surface area contributed by atoms with Crippen LogP contribution in [0.25, 0.3) is 5.78 Å². The van der Waals surface area contributed by atoms with Gasteiger partial charge in [0.2, 0.25) is 5.82 Å². The summed E-state index contributed by atoms with van der Waals surface area (Å²) in [5.41, 5.74) is 0.818. The van der Waals surface area contributed by atoms with Crippen molar-refractivity contribution in [3.8, 4) is 0 Å². The van der Waals surface area contributed by atoms with Gasteiger partial charge in [-0.25, -0.2) is 14.3 Å². The van der Waals surface area contributed by atoms with Crippen molar-refractivity contribution in [3.63, 3.8) is 0 Å². The van der Waals surface area contributed by atoms with Crippen LogP contribution in [0.2, 0.25) is 0 Å². The maximum Gasteiger partial charge on any atom is 0.326 e. The third-order valence-corrected chi connectivity index (χ3v) is 5.23. The Morgan fingerprint density at radius 1 is 1.29 bits per heavy atom. The summed E-state index contributed by atoms with van der Waals surface area (Å²) in [6, 6.07) is 0.975. The quantitative estimate of drug-likeness (QED) is 0.891. The van der Waals surface area contributed by atoms with Crippen LogP contribution in [0.4, 0.5) is 0 Å². The van der Waals surface area contributed by atoms with Crippen LogP contribution in [-0.2, 0) is 4.79 Å². The van der Waals surface area contributed by atoms with Crippen molar-refractivity contribution in [1.82, 2.24) is 24.5 Å². The predicted molar refractivity (Wildman–Crippen MR) is 83.5 cm³/mol. The number of fused-ring (bicyclic) bond motifs is 2. The van der Waals surface area contributed by atoms with Gasteiger partial charge in [0, 0.05) is 17.9 Å². The second-order valence-electron chi connectivity index (χ2n) is 6.65. The van der Waals surface area contributed by atoms with Gasteiger partial charge in [0.15, 0.2) is 0 Å². The first kappa shape index (κ1) is 15.0. The maximum atomic E-state index is 13.0. The van der Waals surface area contributed by atoms with E-state index in [1.807, 2.05) is 6.92 Å². The highest BCUT2D eigenvalue weighted by Crippen LogP contribution is 2.40. The molecule has 4 rings (SSSR count). The zero-order chi connectivity index (χ0) is 16.8. The number of carbonyl (C=O) groups excluding carboxylic acids is 1. The van der Waals surface area contributed by atoms with Gasteiger partial charge in [-0.15, -0.1) is 5.10 Å². The number of aliphatic carboxylic acids is 1. The molecule has 8 nitrogen and oxygen atoms in total. The van der Waals surface area contributed by atoms with Crippen LogP contribution in [0.15, 0.2) is 12.3 Å². The lowest BCUT2D eigenvalue weighted by molar-refractivity contribution is -0.141. The molecule has 1 N–H and O–H groups in total. The van der Waals surface area contributed by atoms with E-state index in [1.54, 1.807) is 12.3 Å². The maximum absolute atomic E-state index is 13.0. The average Bonchev–Trinajstić information content (AvgIpc) is 3.16. The zero-order valence-corrected chi connectivity index (χ0v) is 13.4. The first-order valence-electron chi connectivity index (χ1n) is 8.30. The van der Waals surface area contributed by atoms with E-state index < -0.39 is 17.9 Å². The second kappa shape index (κ2) is 5.54. The molecule has 3 heterocycles. The first-order chi connectivity index (χ1) is 11.6. The van der Waals surface area contributed by atoms with Gasteiger partial charge in [0.25, 0.3) is 11.7 Å². The van der Waals surface area contributed by atoms with Crippen LogP contribution in [0.3, 0.4) is 0 Å². The molecule has 0 aromatic carbocycles. The Hall–Kier alpha value is -2.51. The molecule has 1 aliphatic heterocycles. The molecule has 126 valence electrons. The lowest BCUT2D eigenvalue weighted by Gasteiger charge is -2.32. The second-order valence-corrected chi connectivity index (χ2v) is 6.65. The molecule has 1 saturated heterocycles. The Bertz CT molecular complexity index is 817. The zero-order valence-electron chi connectivity index (χ0n) is 13.4. The highest BCUT2D eigenvalue weighted by Gasteiger charge is 2.48. The molecule has 2 aromatic heterocycles. The van der Waals surface area contributed by atoms with Crippen molar-refractivity contribution >= 4 is 17.7 Å². The monoisotopic (exact) mass is 329 g/mol. The Morgan fingerprint density at radius 3 is 2.83 bits per heavy atom. The number of nitrogens with zero attached hydrogens (tertiary/aromatic N) is 5. The number of aromatic nitrogens is 4. The minimum atomic E-state index is -0.948. The highest BCUT2D eigenvalue weighted by molar-refractivity contribution is 5.94. The first-order valence-corrected chi connectivity index (χ1v) is 8.30. The van der Waals surface area contributed by atoms with Gasteiger partial charge in [-0.3, -0.25) is 4.79 Å². The van der Waals surface area contributed by atoms with E-state index in [1.165, 1.54) is 9.42 Å². The summed E-state index contributed by atoms with van der Waals surface area (Å²) in [6.45, 7) is 1.85. The van der Waals surface area contributed by atoms with Gasteiger partial charge in [-0.2, -0.15) is 4.98 Å². The van der Waals surface area contributed by atoms with Gasteiger partial charge < -0.3 is 10.0 Å². The summed E-state index contributed by atoms with van der Waals surface area (Å²) in [5.74, 6) is -0.711. The van der Waals surface area contributed by atoms with Crippen LogP contribution in [-0.4, -0.2) is 53.5 Å². The fraction of sp³-hybridized carbons (Fsp3) is 0.562. The van der Waals surface area contributed by atoms with E-state index in [4.69, 9.17) is 0 Å². The number of amides is 1. The summed E-state index contributed by atoms with van der Waals surface area (Å²) < 4.78 is 1.51. The number of carboxylic acid groups (broad SMARTS) is 1. The van der Waals surface area contributed by atoms with Crippen molar-refractivity contribution in [3.05, 3.63) is 23.8 Å². The molecule has 0 spiro atoms. The number of hydrogen-bond donors (Lipinski definition) is 1. The summed E-state index contributed by atoms with van der Waals surface area (Å²) >= 11 is 0. The fourth-order valence-electron chi connectivity index (χ4n) is 4.09. The van der Waals surface area contributed by atoms with Gasteiger partial charge >= 0.3 is 5.97 Å². The van der Waals surface area contributed by atoms with Crippen molar-refractivity contribution in [2.75, 3.05) is 0 Å². The van der Waals surface area contributed by atoms with Crippen molar-refractivity contribution in [2.45, 2.75) is 51.1 Å². The molecule has 1 saturated carbocycles. The normalized spacial score (nSPS) is 26.5. The molecule has 0 unspecified atom stereocenters. The SMILES string of the molecule is Cc1ccnc2nc(C(=O)N3[C@H](C(=O)O)C[C@@H]4CCCC[C@@H]43)nn12. The van der Waals surface area contributed by atoms with Gasteiger partial charge in [-0.05, 0) is 38.2 Å². The number of carboxylic acids is 1. The molecular weight excluding hydrogens is 310 g/mol. The summed E-state index contributed by atoms with van der Waals surface area (Å²) in [4.78, 5) is 34.5. The van der Waals surface area contributed by atoms with Crippen molar-refractivity contribution < 1.29 is 14.7 Å². The van der Waals surface area contributed by atoms with Gasteiger partial charge in [0.1, 0.15) is 6.04 Å². The molecular formula is C16H19N5O3. The molecule has 2 fully saturated rings. The smallest absolute Gasteiger partial charge is 0.326 e. The largest absolute Gasteiger partial charge is 0.480 e. The highest BCUT2D eigenvalue weighted by atomic mass is 16.4. The van der Waals surface area contributed by atoms with E-state index in [0.29, 0.717) is 12.2 Å². The molecule has 1 aliphatic carbocycles. The molecule has 2 aliphatic rings. The third-order valence-electron chi connectivity index (χ3n) is 5.23. The lowest BCUT2D eigenvalue weighted by Crippen LogP contribution is -2.46. The van der Waals surface area contributed by atoms with Crippen molar-refractivity contribution in [2.24, 2.45) is 5.92 Å². The van der Waals surface area contributed by atoms with E-state index in [2.05, 4.69) is 15.1 Å². The molecule has 2 aromatic rings. The minimum Gasteiger partial charge on any atom is -0.480 e. The van der Waals surface area contributed by atoms with Crippen LogP contribution in [0, 0.1) is 12.8 Å². The summed E-state index contributed by atoms with van der Waals surface area (Å²) in [6.07, 6.45) is 6.10. The molecule has 0 bridgehead atoms. The molecule has 8 heteroatoms. The van der Waals surface area contributed by atoms with Crippen LogP contribution in [0.5, 0.6) is 0 Å². The third kappa shape index (κ3) is 2.24. The van der Waals surface area contributed by atoms with E-state index in [-0.39, 0.29) is 17.8 Å². The fourth-order valence-corrected chi connectivity index (χ4v) is 4.09. The van der Waals surface area contributed by atoms with Gasteiger partial charge in [-0.1, -0.05) is 12.8 Å². The van der Waals surface area contributed by atoms with E-state index in [0.717, 1.165) is 31.4 Å². The van der Waals surface area contributed by atoms with Gasteiger partial charge in [0.05, 0.1) is 0 Å². The van der Waals surface area contributed by atoms with Crippen molar-refractivity contribution in [1.29, 1.82) is 0 Å². The number of carbonyl (C=O) groups is 2. The number of hydrogen-bond acceptors (Lipinski definition) is 5. The summed E-state index contributed by atoms with van der Waals surface area (Å²) in [7, 11) is 0. The minimum absolute atomic E-state index is 0.0204. The standard InChI is InChI=1S/C16H19N5O3/c1-9-6-7-17-16-18-13(19-21(9)16)14(22)20-11-5-3-2-4-10(11)8-12(20)15(23)24/h6-7,10-12H,2-5,8H2,1H3,(H,23,24)/t10-,11-,12-/m0/s1. The number of aryl methyl sites for hydroxylation is 1.